The highest BCUT2D eigenvalue weighted by Gasteiger charge is 2.06. The Morgan fingerprint density at radius 3 is 2.25 bits per heavy atom. The van der Waals surface area contributed by atoms with Gasteiger partial charge >= 0.3 is 0 Å². The van der Waals surface area contributed by atoms with Crippen LogP contribution in [-0.4, -0.2) is 24.0 Å². The van der Waals surface area contributed by atoms with Crippen LogP contribution in [0.2, 0.25) is 0 Å². The fourth-order valence-corrected chi connectivity index (χ4v) is 2.60. The molecule has 1 heterocycles. The third-order valence-corrected chi connectivity index (χ3v) is 4.02. The number of aromatic nitrogens is 1. The average Bonchev–Trinajstić information content (AvgIpc) is 2.64. The molecule has 2 aromatic rings. The minimum Gasteiger partial charge on any atom is -0.351 e. The summed E-state index contributed by atoms with van der Waals surface area (Å²) in [7, 11) is 0. The van der Waals surface area contributed by atoms with E-state index in [1.807, 2.05) is 36.4 Å². The molecule has 0 aliphatic carbocycles. The van der Waals surface area contributed by atoms with Crippen LogP contribution < -0.4 is 11.1 Å². The quantitative estimate of drug-likeness (QED) is 0.653. The van der Waals surface area contributed by atoms with Gasteiger partial charge in [-0.05, 0) is 31.0 Å². The lowest BCUT2D eigenvalue weighted by Gasteiger charge is -2.06. The first-order valence-electron chi connectivity index (χ1n) is 8.81. The van der Waals surface area contributed by atoms with Crippen molar-refractivity contribution >= 4 is 5.91 Å². The summed E-state index contributed by atoms with van der Waals surface area (Å²) in [6, 6.07) is 13.8. The largest absolute Gasteiger partial charge is 0.351 e. The van der Waals surface area contributed by atoms with Gasteiger partial charge in [0, 0.05) is 18.3 Å². The first kappa shape index (κ1) is 18.1. The molecule has 1 amide bonds. The summed E-state index contributed by atoms with van der Waals surface area (Å²) < 4.78 is 0. The number of unbranched alkanes of at least 4 members (excludes halogenated alkanes) is 5. The second-order valence-electron chi connectivity index (χ2n) is 5.96. The Kier molecular flexibility index (Phi) is 7.98. The van der Waals surface area contributed by atoms with Crippen LogP contribution in [0.3, 0.4) is 0 Å². The molecule has 0 atom stereocenters. The van der Waals surface area contributed by atoms with E-state index in [0.717, 1.165) is 36.9 Å². The lowest BCUT2D eigenvalue weighted by molar-refractivity contribution is 0.0948. The molecule has 0 spiro atoms. The van der Waals surface area contributed by atoms with Crippen LogP contribution in [0.25, 0.3) is 11.1 Å². The second kappa shape index (κ2) is 10.6. The second-order valence-corrected chi connectivity index (χ2v) is 5.96. The molecule has 0 saturated heterocycles. The van der Waals surface area contributed by atoms with Crippen molar-refractivity contribution in [2.24, 2.45) is 5.73 Å². The third kappa shape index (κ3) is 6.13. The molecule has 0 aliphatic rings. The van der Waals surface area contributed by atoms with Gasteiger partial charge in [-0.2, -0.15) is 0 Å². The maximum Gasteiger partial charge on any atom is 0.269 e. The number of benzene rings is 1. The van der Waals surface area contributed by atoms with E-state index >= 15 is 0 Å². The number of amides is 1. The lowest BCUT2D eigenvalue weighted by Crippen LogP contribution is -2.25. The van der Waals surface area contributed by atoms with E-state index < -0.39 is 0 Å². The summed E-state index contributed by atoms with van der Waals surface area (Å²) in [4.78, 5) is 16.4. The summed E-state index contributed by atoms with van der Waals surface area (Å²) in [5, 5.41) is 2.94. The van der Waals surface area contributed by atoms with E-state index in [0.29, 0.717) is 12.2 Å². The van der Waals surface area contributed by atoms with Crippen molar-refractivity contribution in [2.45, 2.75) is 38.5 Å². The van der Waals surface area contributed by atoms with E-state index in [4.69, 9.17) is 5.73 Å². The topological polar surface area (TPSA) is 68.0 Å². The molecule has 24 heavy (non-hydrogen) atoms. The highest BCUT2D eigenvalue weighted by molar-refractivity contribution is 5.92. The molecule has 1 aromatic carbocycles. The van der Waals surface area contributed by atoms with Crippen molar-refractivity contribution in [1.82, 2.24) is 10.3 Å². The summed E-state index contributed by atoms with van der Waals surface area (Å²) in [6.45, 7) is 1.49. The predicted molar refractivity (Wildman–Crippen MR) is 98.8 cm³/mol. The van der Waals surface area contributed by atoms with Crippen LogP contribution in [0.4, 0.5) is 0 Å². The van der Waals surface area contributed by atoms with Crippen LogP contribution in [0.5, 0.6) is 0 Å². The SMILES string of the molecule is NCCCCCCCCNC(=O)c1ccc(-c2ccccc2)cn1. The molecular weight excluding hydrogens is 298 g/mol. The Hall–Kier alpha value is -2.20. The Balaban J connectivity index is 1.69. The fourth-order valence-electron chi connectivity index (χ4n) is 2.60. The van der Waals surface area contributed by atoms with Crippen molar-refractivity contribution < 1.29 is 4.79 Å². The number of nitrogens with zero attached hydrogens (tertiary/aromatic N) is 1. The van der Waals surface area contributed by atoms with E-state index in [-0.39, 0.29) is 5.91 Å². The molecule has 2 rings (SSSR count). The zero-order valence-electron chi connectivity index (χ0n) is 14.2. The van der Waals surface area contributed by atoms with Gasteiger partial charge < -0.3 is 11.1 Å². The third-order valence-electron chi connectivity index (χ3n) is 4.02. The van der Waals surface area contributed by atoms with Crippen LogP contribution in [0.15, 0.2) is 48.7 Å². The van der Waals surface area contributed by atoms with Crippen LogP contribution in [0, 0.1) is 0 Å². The number of carbonyl (C=O) groups is 1. The van der Waals surface area contributed by atoms with E-state index in [1.165, 1.54) is 19.3 Å². The average molecular weight is 325 g/mol. The normalized spacial score (nSPS) is 10.5. The van der Waals surface area contributed by atoms with Gasteiger partial charge in [0.15, 0.2) is 0 Å². The van der Waals surface area contributed by atoms with E-state index in [9.17, 15) is 4.79 Å². The first-order chi connectivity index (χ1) is 11.8. The Morgan fingerprint density at radius 2 is 1.58 bits per heavy atom. The van der Waals surface area contributed by atoms with Gasteiger partial charge in [0.1, 0.15) is 5.69 Å². The molecule has 4 nitrogen and oxygen atoms in total. The van der Waals surface area contributed by atoms with Gasteiger partial charge in [0.05, 0.1) is 0 Å². The molecule has 0 bridgehead atoms. The smallest absolute Gasteiger partial charge is 0.269 e. The monoisotopic (exact) mass is 325 g/mol. The highest BCUT2D eigenvalue weighted by Crippen LogP contribution is 2.17. The van der Waals surface area contributed by atoms with Crippen molar-refractivity contribution in [2.75, 3.05) is 13.1 Å². The minimum atomic E-state index is -0.0993. The number of pyridine rings is 1. The maximum atomic E-state index is 12.1. The van der Waals surface area contributed by atoms with Crippen LogP contribution in [-0.2, 0) is 0 Å². The lowest BCUT2D eigenvalue weighted by atomic mass is 10.1. The number of carbonyl (C=O) groups excluding carboxylic acids is 1. The van der Waals surface area contributed by atoms with Gasteiger partial charge in [-0.15, -0.1) is 0 Å². The summed E-state index contributed by atoms with van der Waals surface area (Å²) in [6.07, 6.45) is 8.67. The molecule has 1 aromatic heterocycles. The predicted octanol–water partition coefficient (Wildman–Crippen LogP) is 3.78. The standard InChI is InChI=1S/C20H27N3O/c21-14-8-3-1-2-4-9-15-22-20(24)19-13-12-18(16-23-19)17-10-6-5-7-11-17/h5-7,10-13,16H,1-4,8-9,14-15,21H2,(H,22,24). The summed E-state index contributed by atoms with van der Waals surface area (Å²) >= 11 is 0. The Labute approximate surface area is 144 Å². The van der Waals surface area contributed by atoms with Crippen LogP contribution >= 0.6 is 0 Å². The zero-order chi connectivity index (χ0) is 17.0. The van der Waals surface area contributed by atoms with Gasteiger partial charge in [0.25, 0.3) is 5.91 Å². The molecule has 0 saturated carbocycles. The number of rotatable bonds is 10. The molecule has 4 heteroatoms. The number of hydrogen-bond acceptors (Lipinski definition) is 3. The molecule has 0 fully saturated rings. The van der Waals surface area contributed by atoms with Gasteiger partial charge in [0.2, 0.25) is 0 Å². The molecule has 0 aliphatic heterocycles. The summed E-state index contributed by atoms with van der Waals surface area (Å²) in [5.74, 6) is -0.0993. The highest BCUT2D eigenvalue weighted by atomic mass is 16.1. The number of nitrogens with two attached hydrogens (primary N) is 1. The fraction of sp³-hybridized carbons (Fsp3) is 0.400. The Morgan fingerprint density at radius 1 is 0.875 bits per heavy atom. The van der Waals surface area contributed by atoms with Crippen molar-refractivity contribution in [1.29, 1.82) is 0 Å². The van der Waals surface area contributed by atoms with Crippen molar-refractivity contribution in [3.05, 3.63) is 54.4 Å². The van der Waals surface area contributed by atoms with E-state index in [2.05, 4.69) is 10.3 Å². The molecule has 128 valence electrons. The van der Waals surface area contributed by atoms with Gasteiger partial charge in [-0.25, -0.2) is 0 Å². The zero-order valence-corrected chi connectivity index (χ0v) is 14.2. The molecule has 3 N–H and O–H groups in total. The number of nitrogens with one attached hydrogen (secondary N) is 1. The number of hydrogen-bond donors (Lipinski definition) is 2. The van der Waals surface area contributed by atoms with Gasteiger partial charge in [-0.1, -0.05) is 62.1 Å². The molecule has 0 unspecified atom stereocenters. The summed E-state index contributed by atoms with van der Waals surface area (Å²) in [5.41, 5.74) is 8.06. The molecule has 0 radical (unpaired) electrons. The molecular formula is C20H27N3O. The van der Waals surface area contributed by atoms with Crippen molar-refractivity contribution in [3.63, 3.8) is 0 Å². The first-order valence-corrected chi connectivity index (χ1v) is 8.81. The van der Waals surface area contributed by atoms with E-state index in [1.54, 1.807) is 12.3 Å². The Bertz CT molecular complexity index is 596. The van der Waals surface area contributed by atoms with Crippen LogP contribution in [0.1, 0.15) is 49.0 Å². The van der Waals surface area contributed by atoms with Crippen molar-refractivity contribution in [3.8, 4) is 11.1 Å². The van der Waals surface area contributed by atoms with Gasteiger partial charge in [-0.3, -0.25) is 9.78 Å². The maximum absolute atomic E-state index is 12.1. The minimum absolute atomic E-state index is 0.0993.